The predicted molar refractivity (Wildman–Crippen MR) is 113 cm³/mol. The molecule has 1 aliphatic heterocycles. The maximum atomic E-state index is 12.9. The van der Waals surface area contributed by atoms with Gasteiger partial charge in [-0.25, -0.2) is 0 Å². The van der Waals surface area contributed by atoms with Crippen molar-refractivity contribution in [2.75, 3.05) is 32.6 Å². The highest BCUT2D eigenvalue weighted by molar-refractivity contribution is 6.32. The third-order valence-corrected chi connectivity index (χ3v) is 5.47. The molecule has 1 atom stereocenters. The van der Waals surface area contributed by atoms with Gasteiger partial charge in [-0.2, -0.15) is 0 Å². The van der Waals surface area contributed by atoms with E-state index in [1.165, 1.54) is 12.7 Å². The van der Waals surface area contributed by atoms with Gasteiger partial charge in [0.05, 0.1) is 30.8 Å². The molecule has 0 bridgehead atoms. The summed E-state index contributed by atoms with van der Waals surface area (Å²) in [5.41, 5.74) is 1.75. The van der Waals surface area contributed by atoms with Gasteiger partial charge in [0, 0.05) is 30.2 Å². The number of halogens is 2. The lowest BCUT2D eigenvalue weighted by Crippen LogP contribution is -2.40. The molecule has 5 nitrogen and oxygen atoms in total. The Balaban J connectivity index is 1.66. The summed E-state index contributed by atoms with van der Waals surface area (Å²) >= 11 is 12.1. The van der Waals surface area contributed by atoms with Gasteiger partial charge in [-0.15, -0.1) is 0 Å². The minimum Gasteiger partial charge on any atom is -0.495 e. The molecule has 1 saturated heterocycles. The molecule has 1 unspecified atom stereocenters. The van der Waals surface area contributed by atoms with Crippen molar-refractivity contribution in [1.29, 1.82) is 0 Å². The van der Waals surface area contributed by atoms with Crippen molar-refractivity contribution in [3.63, 3.8) is 0 Å². The van der Waals surface area contributed by atoms with E-state index in [0.29, 0.717) is 28.8 Å². The molecule has 1 fully saturated rings. The van der Waals surface area contributed by atoms with Crippen molar-refractivity contribution in [3.8, 4) is 11.5 Å². The highest BCUT2D eigenvalue weighted by Gasteiger charge is 2.26. The average Bonchev–Trinajstić information content (AvgIpc) is 2.70. The Bertz CT molecular complexity index is 827. The fraction of sp³-hybridized carbons (Fsp3) is 0.381. The second-order valence-corrected chi connectivity index (χ2v) is 7.72. The van der Waals surface area contributed by atoms with Crippen molar-refractivity contribution in [2.24, 2.45) is 5.92 Å². The van der Waals surface area contributed by atoms with Crippen LogP contribution >= 0.6 is 23.2 Å². The van der Waals surface area contributed by atoms with Crippen LogP contribution in [0.15, 0.2) is 36.4 Å². The summed E-state index contributed by atoms with van der Waals surface area (Å²) in [5.74, 6) is 0.884. The maximum absolute atomic E-state index is 12.9. The molecule has 150 valence electrons. The number of benzene rings is 2. The van der Waals surface area contributed by atoms with Crippen molar-refractivity contribution in [3.05, 3.63) is 52.0 Å². The van der Waals surface area contributed by atoms with Crippen LogP contribution in [0.4, 0.5) is 5.69 Å². The van der Waals surface area contributed by atoms with Crippen LogP contribution < -0.4 is 14.8 Å². The first-order chi connectivity index (χ1) is 13.5. The number of piperidine rings is 1. The second kappa shape index (κ2) is 9.50. The molecule has 0 aromatic heterocycles. The molecule has 0 radical (unpaired) electrons. The molecule has 1 heterocycles. The normalized spacial score (nSPS) is 17.2. The van der Waals surface area contributed by atoms with Gasteiger partial charge in [0.25, 0.3) is 0 Å². The van der Waals surface area contributed by atoms with Gasteiger partial charge in [0.15, 0.2) is 0 Å². The first-order valence-corrected chi connectivity index (χ1v) is 9.95. The highest BCUT2D eigenvalue weighted by Crippen LogP contribution is 2.36. The number of ether oxygens (including phenoxy) is 2. The fourth-order valence-electron chi connectivity index (χ4n) is 3.45. The topological polar surface area (TPSA) is 50.8 Å². The summed E-state index contributed by atoms with van der Waals surface area (Å²) in [6.45, 7) is 2.49. The third-order valence-electron chi connectivity index (χ3n) is 4.93. The van der Waals surface area contributed by atoms with E-state index in [4.69, 9.17) is 32.7 Å². The summed E-state index contributed by atoms with van der Waals surface area (Å²) in [6, 6.07) is 11.2. The van der Waals surface area contributed by atoms with Crippen LogP contribution in [0, 0.1) is 5.92 Å². The number of hydrogen-bond donors (Lipinski definition) is 1. The molecule has 0 aliphatic carbocycles. The Labute approximate surface area is 175 Å². The Morgan fingerprint density at radius 3 is 2.54 bits per heavy atom. The number of rotatable bonds is 6. The number of nitrogens with zero attached hydrogens (tertiary/aromatic N) is 1. The highest BCUT2D eigenvalue weighted by atomic mass is 35.5. The van der Waals surface area contributed by atoms with E-state index in [1.54, 1.807) is 19.2 Å². The fourth-order valence-corrected chi connectivity index (χ4v) is 3.81. The molecular formula is C21H24Cl2N2O3. The number of hydrogen-bond acceptors (Lipinski definition) is 4. The lowest BCUT2D eigenvalue weighted by Gasteiger charge is -2.32. The zero-order valence-electron chi connectivity index (χ0n) is 16.0. The summed E-state index contributed by atoms with van der Waals surface area (Å²) in [7, 11) is 3.08. The largest absolute Gasteiger partial charge is 0.495 e. The molecule has 0 saturated carbocycles. The summed E-state index contributed by atoms with van der Waals surface area (Å²) < 4.78 is 10.6. The minimum atomic E-state index is -0.0903. The Kier molecular flexibility index (Phi) is 7.05. The molecule has 28 heavy (non-hydrogen) atoms. The molecule has 0 spiro atoms. The predicted octanol–water partition coefficient (Wildman–Crippen LogP) is 4.86. The molecule has 7 heteroatoms. The van der Waals surface area contributed by atoms with Crippen LogP contribution in [-0.2, 0) is 11.3 Å². The number of amides is 1. The average molecular weight is 423 g/mol. The van der Waals surface area contributed by atoms with Crippen LogP contribution in [0.25, 0.3) is 0 Å². The maximum Gasteiger partial charge on any atom is 0.228 e. The smallest absolute Gasteiger partial charge is 0.228 e. The van der Waals surface area contributed by atoms with Gasteiger partial charge >= 0.3 is 0 Å². The minimum absolute atomic E-state index is 0.0246. The van der Waals surface area contributed by atoms with Gasteiger partial charge in [-0.3, -0.25) is 9.69 Å². The quantitative estimate of drug-likeness (QED) is 0.721. The number of carbonyl (C=O) groups excluding carboxylic acids is 1. The summed E-state index contributed by atoms with van der Waals surface area (Å²) in [4.78, 5) is 15.2. The van der Waals surface area contributed by atoms with Gasteiger partial charge in [0.2, 0.25) is 5.91 Å². The van der Waals surface area contributed by atoms with E-state index in [2.05, 4.69) is 10.2 Å². The van der Waals surface area contributed by atoms with E-state index >= 15 is 0 Å². The Morgan fingerprint density at radius 1 is 1.14 bits per heavy atom. The first-order valence-electron chi connectivity index (χ1n) is 9.19. The van der Waals surface area contributed by atoms with E-state index in [9.17, 15) is 4.79 Å². The van der Waals surface area contributed by atoms with Crippen molar-refractivity contribution >= 4 is 34.8 Å². The molecular weight excluding hydrogens is 399 g/mol. The molecule has 1 aliphatic rings. The number of anilines is 1. The number of likely N-dealkylation sites (tertiary alicyclic amines) is 1. The zero-order valence-corrected chi connectivity index (χ0v) is 17.5. The standard InChI is InChI=1S/C21H24Cl2N2O3/c1-27-19-11-18(20(28-2)10-17(19)23)24-21(26)15-4-3-9-25(13-15)12-14-5-7-16(22)8-6-14/h5-8,10-11,15H,3-4,9,12-13H2,1-2H3,(H,24,26). The lowest BCUT2D eigenvalue weighted by molar-refractivity contribution is -0.121. The number of carbonyl (C=O) groups is 1. The molecule has 2 aromatic rings. The van der Waals surface area contributed by atoms with E-state index in [1.807, 2.05) is 24.3 Å². The first kappa shape index (κ1) is 20.8. The van der Waals surface area contributed by atoms with Crippen LogP contribution in [-0.4, -0.2) is 38.1 Å². The van der Waals surface area contributed by atoms with Crippen LogP contribution in [0.5, 0.6) is 11.5 Å². The van der Waals surface area contributed by atoms with Crippen LogP contribution in [0.1, 0.15) is 18.4 Å². The van der Waals surface area contributed by atoms with Crippen LogP contribution in [0.2, 0.25) is 10.0 Å². The van der Waals surface area contributed by atoms with Crippen molar-refractivity contribution in [2.45, 2.75) is 19.4 Å². The van der Waals surface area contributed by atoms with Gasteiger partial charge in [0.1, 0.15) is 11.5 Å². The Morgan fingerprint density at radius 2 is 1.86 bits per heavy atom. The second-order valence-electron chi connectivity index (χ2n) is 6.88. The number of methoxy groups -OCH3 is 2. The van der Waals surface area contributed by atoms with Crippen LogP contribution in [0.3, 0.4) is 0 Å². The monoisotopic (exact) mass is 422 g/mol. The van der Waals surface area contributed by atoms with Gasteiger partial charge in [-0.1, -0.05) is 35.3 Å². The Hall–Kier alpha value is -1.95. The summed E-state index contributed by atoms with van der Waals surface area (Å²) in [6.07, 6.45) is 1.84. The van der Waals surface area contributed by atoms with E-state index in [-0.39, 0.29) is 11.8 Å². The molecule has 3 rings (SSSR count). The zero-order chi connectivity index (χ0) is 20.1. The molecule has 1 amide bonds. The van der Waals surface area contributed by atoms with Crippen molar-refractivity contribution < 1.29 is 14.3 Å². The molecule has 1 N–H and O–H groups in total. The number of nitrogens with one attached hydrogen (secondary N) is 1. The van der Waals surface area contributed by atoms with Gasteiger partial charge < -0.3 is 14.8 Å². The SMILES string of the molecule is COc1cc(NC(=O)C2CCCN(Cc3ccc(Cl)cc3)C2)c(OC)cc1Cl. The van der Waals surface area contributed by atoms with E-state index in [0.717, 1.165) is 31.0 Å². The third kappa shape index (κ3) is 5.10. The van der Waals surface area contributed by atoms with Gasteiger partial charge in [-0.05, 0) is 37.1 Å². The lowest BCUT2D eigenvalue weighted by atomic mass is 9.96. The summed E-state index contributed by atoms with van der Waals surface area (Å²) in [5, 5.41) is 4.14. The molecule has 2 aromatic carbocycles. The van der Waals surface area contributed by atoms with E-state index < -0.39 is 0 Å². The van der Waals surface area contributed by atoms with Crippen molar-refractivity contribution in [1.82, 2.24) is 4.90 Å².